The molecule has 1 heterocycles. The minimum Gasteiger partial charge on any atom is -0.396 e. The minimum absolute atomic E-state index is 0.0264. The van der Waals surface area contributed by atoms with Crippen molar-refractivity contribution in [2.45, 2.75) is 12.8 Å². The molecule has 2 aromatic carbocycles. The number of benzene rings is 2. The first-order valence-electron chi connectivity index (χ1n) is 8.54. The topological polar surface area (TPSA) is 40.5 Å². The second-order valence-electron chi connectivity index (χ2n) is 6.37. The zero-order valence-electron chi connectivity index (χ0n) is 14.2. The van der Waals surface area contributed by atoms with E-state index in [9.17, 15) is 13.6 Å². The Kier molecular flexibility index (Phi) is 5.65. The van der Waals surface area contributed by atoms with Gasteiger partial charge in [0.15, 0.2) is 11.6 Å². The average Bonchev–Trinajstić information content (AvgIpc) is 2.69. The fourth-order valence-corrected chi connectivity index (χ4v) is 2.92. The van der Waals surface area contributed by atoms with Crippen molar-refractivity contribution in [3.8, 4) is 11.8 Å². The monoisotopic (exact) mass is 355 g/mol. The summed E-state index contributed by atoms with van der Waals surface area (Å²) in [5.74, 6) is 4.08. The summed E-state index contributed by atoms with van der Waals surface area (Å²) >= 11 is 0. The Balaban J connectivity index is 1.66. The molecule has 0 unspecified atom stereocenters. The lowest BCUT2D eigenvalue weighted by molar-refractivity contribution is 0.0651. The summed E-state index contributed by atoms with van der Waals surface area (Å²) in [6.45, 7) is 1.48. The summed E-state index contributed by atoms with van der Waals surface area (Å²) in [4.78, 5) is 14.3. The van der Waals surface area contributed by atoms with Crippen molar-refractivity contribution >= 4 is 5.91 Å². The standard InChI is InChI=1S/C21H19F2NO2/c22-19-8-5-16(13-20(19)23)2-1-15-3-6-18(7-4-15)21(26)24-11-9-17(14-25)10-12-24/h3-8,13,17,25H,9-12,14H2. The summed E-state index contributed by atoms with van der Waals surface area (Å²) < 4.78 is 26.1. The summed E-state index contributed by atoms with van der Waals surface area (Å²) in [6, 6.07) is 10.4. The van der Waals surface area contributed by atoms with Crippen LogP contribution in [0.15, 0.2) is 42.5 Å². The third-order valence-electron chi connectivity index (χ3n) is 4.56. The summed E-state index contributed by atoms with van der Waals surface area (Å²) in [5, 5.41) is 9.17. The predicted octanol–water partition coefficient (Wildman–Crippen LogP) is 3.21. The molecule has 134 valence electrons. The van der Waals surface area contributed by atoms with E-state index in [-0.39, 0.29) is 18.4 Å². The molecule has 0 bridgehead atoms. The smallest absolute Gasteiger partial charge is 0.253 e. The molecule has 0 radical (unpaired) electrons. The van der Waals surface area contributed by atoms with Crippen LogP contribution < -0.4 is 0 Å². The first-order valence-corrected chi connectivity index (χ1v) is 8.54. The Morgan fingerprint density at radius 1 is 1.00 bits per heavy atom. The number of hydrogen-bond acceptors (Lipinski definition) is 2. The maximum Gasteiger partial charge on any atom is 0.253 e. The van der Waals surface area contributed by atoms with Gasteiger partial charge in [0, 0.05) is 36.4 Å². The van der Waals surface area contributed by atoms with E-state index in [4.69, 9.17) is 5.11 Å². The van der Waals surface area contributed by atoms with Gasteiger partial charge in [-0.25, -0.2) is 8.78 Å². The summed E-state index contributed by atoms with van der Waals surface area (Å²) in [7, 11) is 0. The molecule has 0 atom stereocenters. The second-order valence-corrected chi connectivity index (χ2v) is 6.37. The van der Waals surface area contributed by atoms with Gasteiger partial charge >= 0.3 is 0 Å². The highest BCUT2D eigenvalue weighted by molar-refractivity contribution is 5.94. The number of piperidine rings is 1. The number of carbonyl (C=O) groups is 1. The van der Waals surface area contributed by atoms with Crippen molar-refractivity contribution in [2.75, 3.05) is 19.7 Å². The lowest BCUT2D eigenvalue weighted by atomic mass is 9.97. The number of aliphatic hydroxyl groups is 1. The number of nitrogens with zero attached hydrogens (tertiary/aromatic N) is 1. The van der Waals surface area contributed by atoms with E-state index in [1.165, 1.54) is 6.07 Å². The number of likely N-dealkylation sites (tertiary alicyclic amines) is 1. The van der Waals surface area contributed by atoms with Gasteiger partial charge < -0.3 is 10.0 Å². The highest BCUT2D eigenvalue weighted by atomic mass is 19.2. The Morgan fingerprint density at radius 3 is 2.23 bits per heavy atom. The minimum atomic E-state index is -0.928. The van der Waals surface area contributed by atoms with Crippen molar-refractivity contribution < 1.29 is 18.7 Å². The van der Waals surface area contributed by atoms with Crippen LogP contribution in [0.2, 0.25) is 0 Å². The zero-order chi connectivity index (χ0) is 18.5. The molecule has 1 saturated heterocycles. The molecule has 1 aliphatic rings. The zero-order valence-corrected chi connectivity index (χ0v) is 14.2. The van der Waals surface area contributed by atoms with Crippen molar-refractivity contribution in [3.63, 3.8) is 0 Å². The van der Waals surface area contributed by atoms with E-state index < -0.39 is 11.6 Å². The first-order chi connectivity index (χ1) is 12.6. The molecule has 1 amide bonds. The van der Waals surface area contributed by atoms with E-state index in [1.807, 2.05) is 0 Å². The Morgan fingerprint density at radius 2 is 1.62 bits per heavy atom. The van der Waals surface area contributed by atoms with E-state index >= 15 is 0 Å². The van der Waals surface area contributed by atoms with E-state index in [0.29, 0.717) is 29.8 Å². The quantitative estimate of drug-likeness (QED) is 0.841. The molecule has 1 fully saturated rings. The molecule has 0 spiro atoms. The van der Waals surface area contributed by atoms with Gasteiger partial charge in [-0.15, -0.1) is 0 Å². The first kappa shape index (κ1) is 18.1. The Labute approximate surface area is 151 Å². The number of aliphatic hydroxyl groups excluding tert-OH is 1. The Hall–Kier alpha value is -2.71. The molecule has 0 aliphatic carbocycles. The van der Waals surface area contributed by atoms with Crippen LogP contribution in [0.25, 0.3) is 0 Å². The predicted molar refractivity (Wildman–Crippen MR) is 94.5 cm³/mol. The second kappa shape index (κ2) is 8.11. The molecule has 5 heteroatoms. The number of hydrogen-bond donors (Lipinski definition) is 1. The van der Waals surface area contributed by atoms with Crippen LogP contribution in [0, 0.1) is 29.4 Å². The molecule has 3 rings (SSSR count). The van der Waals surface area contributed by atoms with Gasteiger partial charge in [-0.3, -0.25) is 4.79 Å². The van der Waals surface area contributed by atoms with Gasteiger partial charge in [0.2, 0.25) is 0 Å². The van der Waals surface area contributed by atoms with Gasteiger partial charge in [-0.2, -0.15) is 0 Å². The van der Waals surface area contributed by atoms with Gasteiger partial charge in [0.1, 0.15) is 0 Å². The van der Waals surface area contributed by atoms with Crippen molar-refractivity contribution in [2.24, 2.45) is 5.92 Å². The van der Waals surface area contributed by atoms with Crippen LogP contribution in [0.5, 0.6) is 0 Å². The number of halogens is 2. The van der Waals surface area contributed by atoms with Gasteiger partial charge in [0.25, 0.3) is 5.91 Å². The highest BCUT2D eigenvalue weighted by Gasteiger charge is 2.22. The number of rotatable bonds is 2. The molecule has 2 aromatic rings. The van der Waals surface area contributed by atoms with Crippen LogP contribution in [0.3, 0.4) is 0 Å². The molecular formula is C21H19F2NO2. The van der Waals surface area contributed by atoms with Crippen molar-refractivity contribution in [3.05, 3.63) is 70.8 Å². The average molecular weight is 355 g/mol. The molecule has 0 saturated carbocycles. The van der Waals surface area contributed by atoms with Crippen molar-refractivity contribution in [1.82, 2.24) is 4.90 Å². The van der Waals surface area contributed by atoms with Crippen LogP contribution in [0.1, 0.15) is 34.3 Å². The fourth-order valence-electron chi connectivity index (χ4n) is 2.92. The Bertz CT molecular complexity index is 845. The SMILES string of the molecule is O=C(c1ccc(C#Cc2ccc(F)c(F)c2)cc1)N1CCC(CO)CC1. The van der Waals surface area contributed by atoms with Crippen LogP contribution in [0.4, 0.5) is 8.78 Å². The fraction of sp³-hybridized carbons (Fsp3) is 0.286. The molecule has 26 heavy (non-hydrogen) atoms. The maximum atomic E-state index is 13.2. The molecule has 3 nitrogen and oxygen atoms in total. The van der Waals surface area contributed by atoms with E-state index in [0.717, 1.165) is 25.0 Å². The van der Waals surface area contributed by atoms with Crippen LogP contribution in [-0.4, -0.2) is 35.6 Å². The van der Waals surface area contributed by atoms with E-state index in [1.54, 1.807) is 29.2 Å². The maximum absolute atomic E-state index is 13.2. The third-order valence-corrected chi connectivity index (χ3v) is 4.56. The molecule has 1 N–H and O–H groups in total. The highest BCUT2D eigenvalue weighted by Crippen LogP contribution is 2.18. The number of amides is 1. The normalized spacial score (nSPS) is 14.7. The van der Waals surface area contributed by atoms with Gasteiger partial charge in [-0.05, 0) is 61.2 Å². The van der Waals surface area contributed by atoms with Crippen LogP contribution in [-0.2, 0) is 0 Å². The molecule has 1 aliphatic heterocycles. The van der Waals surface area contributed by atoms with Crippen LogP contribution >= 0.6 is 0 Å². The van der Waals surface area contributed by atoms with Gasteiger partial charge in [-0.1, -0.05) is 11.8 Å². The van der Waals surface area contributed by atoms with E-state index in [2.05, 4.69) is 11.8 Å². The lowest BCUT2D eigenvalue weighted by Gasteiger charge is -2.31. The van der Waals surface area contributed by atoms with Gasteiger partial charge in [0.05, 0.1) is 0 Å². The largest absolute Gasteiger partial charge is 0.396 e. The summed E-state index contributed by atoms with van der Waals surface area (Å²) in [6.07, 6.45) is 1.64. The summed E-state index contributed by atoms with van der Waals surface area (Å²) in [5.41, 5.74) is 1.66. The van der Waals surface area contributed by atoms with Crippen molar-refractivity contribution in [1.29, 1.82) is 0 Å². The molecule has 0 aromatic heterocycles. The third kappa shape index (κ3) is 4.27. The lowest BCUT2D eigenvalue weighted by Crippen LogP contribution is -2.39. The number of carbonyl (C=O) groups excluding carboxylic acids is 1. The molecular weight excluding hydrogens is 336 g/mol.